The molecule has 0 atom stereocenters. The van der Waals surface area contributed by atoms with E-state index >= 15 is 0 Å². The molecule has 0 aliphatic heterocycles. The van der Waals surface area contributed by atoms with Crippen molar-refractivity contribution in [3.8, 4) is 6.07 Å². The zero-order chi connectivity index (χ0) is 20.1. The molecule has 2 aromatic heterocycles. The van der Waals surface area contributed by atoms with Crippen LogP contribution in [0.5, 0.6) is 0 Å². The van der Waals surface area contributed by atoms with Crippen molar-refractivity contribution in [1.82, 2.24) is 9.55 Å². The first kappa shape index (κ1) is 19.3. The maximum atomic E-state index is 12.7. The van der Waals surface area contributed by atoms with Crippen LogP contribution in [-0.4, -0.2) is 22.1 Å². The van der Waals surface area contributed by atoms with Crippen LogP contribution < -0.4 is 20.1 Å². The van der Waals surface area contributed by atoms with Gasteiger partial charge in [-0.1, -0.05) is 18.2 Å². The predicted molar refractivity (Wildman–Crippen MR) is 109 cm³/mol. The molecule has 142 valence electrons. The van der Waals surface area contributed by atoms with Crippen LogP contribution in [-0.2, 0) is 16.1 Å². The number of hydrogen-bond donors (Lipinski definition) is 1. The summed E-state index contributed by atoms with van der Waals surface area (Å²) in [6, 6.07) is 11.4. The maximum absolute atomic E-state index is 12.7. The van der Waals surface area contributed by atoms with Gasteiger partial charge in [-0.3, -0.25) is 14.3 Å². The van der Waals surface area contributed by atoms with E-state index in [9.17, 15) is 14.9 Å². The fourth-order valence-corrected chi connectivity index (χ4v) is 3.82. The second-order valence-electron chi connectivity index (χ2n) is 5.70. The van der Waals surface area contributed by atoms with E-state index in [2.05, 4.69) is 10.3 Å². The van der Waals surface area contributed by atoms with Crippen LogP contribution in [0, 0.1) is 11.3 Å². The minimum absolute atomic E-state index is 0.153. The molecule has 1 N–H and O–H groups in total. The molecule has 0 radical (unpaired) electrons. The molecule has 0 saturated carbocycles. The quantitative estimate of drug-likeness (QED) is 0.660. The number of carbonyl (C=O) groups excluding carboxylic acids is 1. The summed E-state index contributed by atoms with van der Waals surface area (Å²) >= 11 is 1.07. The second kappa shape index (κ2) is 8.50. The number of nitriles is 1. The minimum Gasteiger partial charge on any atom is -0.462 e. The largest absolute Gasteiger partial charge is 0.462 e. The Labute approximate surface area is 164 Å². The third kappa shape index (κ3) is 3.66. The molecule has 3 aromatic rings. The Morgan fingerprint density at radius 2 is 2.14 bits per heavy atom. The molecule has 0 unspecified atom stereocenters. The lowest BCUT2D eigenvalue weighted by Gasteiger charge is -2.04. The Hall–Kier alpha value is -3.44. The van der Waals surface area contributed by atoms with Crippen molar-refractivity contribution in [1.29, 1.82) is 5.26 Å². The Morgan fingerprint density at radius 3 is 2.86 bits per heavy atom. The first-order valence-corrected chi connectivity index (χ1v) is 9.54. The normalized spacial score (nSPS) is 12.5. The number of nitrogens with one attached hydrogen (secondary N) is 1. The molecule has 0 saturated heterocycles. The van der Waals surface area contributed by atoms with Crippen LogP contribution in [0.4, 0.5) is 5.69 Å². The molecule has 1 aromatic carbocycles. The third-order valence-electron chi connectivity index (χ3n) is 4.02. The van der Waals surface area contributed by atoms with E-state index < -0.39 is 5.97 Å². The highest BCUT2D eigenvalue weighted by Gasteiger charge is 2.16. The maximum Gasteiger partial charge on any atom is 0.351 e. The van der Waals surface area contributed by atoms with Gasteiger partial charge >= 0.3 is 5.97 Å². The molecule has 0 fully saturated rings. The highest BCUT2D eigenvalue weighted by Crippen LogP contribution is 2.20. The van der Waals surface area contributed by atoms with Crippen LogP contribution in [0.3, 0.4) is 0 Å². The number of carbonyl (C=O) groups is 1. The molecule has 0 aliphatic carbocycles. The summed E-state index contributed by atoms with van der Waals surface area (Å²) in [6.45, 7) is 3.93. The van der Waals surface area contributed by atoms with Crippen molar-refractivity contribution >= 4 is 45.7 Å². The van der Waals surface area contributed by atoms with Gasteiger partial charge in [0.25, 0.3) is 5.56 Å². The second-order valence-corrected chi connectivity index (χ2v) is 6.73. The number of pyridine rings is 1. The number of rotatable bonds is 5. The average molecular weight is 394 g/mol. The van der Waals surface area contributed by atoms with E-state index in [0.717, 1.165) is 27.9 Å². The topological polar surface area (TPSA) is 97.0 Å². The van der Waals surface area contributed by atoms with Crippen molar-refractivity contribution in [3.05, 3.63) is 56.1 Å². The zero-order valence-corrected chi connectivity index (χ0v) is 16.2. The first-order chi connectivity index (χ1) is 13.6. The SMILES string of the molecule is CCOC(=O)/C(C#N)=c1\s/c(=C/Nc2cccc3cccnc23)c(=O)n1CC. The summed E-state index contributed by atoms with van der Waals surface area (Å²) in [5, 5.41) is 13.5. The lowest BCUT2D eigenvalue weighted by Crippen LogP contribution is -2.32. The van der Waals surface area contributed by atoms with E-state index in [1.165, 1.54) is 4.57 Å². The number of anilines is 1. The fourth-order valence-electron chi connectivity index (χ4n) is 2.74. The number of fused-ring (bicyclic) bond motifs is 1. The molecular weight excluding hydrogens is 376 g/mol. The van der Waals surface area contributed by atoms with Crippen LogP contribution in [0.2, 0.25) is 0 Å². The molecule has 7 nitrogen and oxygen atoms in total. The number of ether oxygens (including phenoxy) is 1. The number of benzene rings is 1. The number of aromatic nitrogens is 2. The number of thiazole rings is 1. The average Bonchev–Trinajstić information content (AvgIpc) is 3.02. The molecule has 2 heterocycles. The molecule has 0 amide bonds. The smallest absolute Gasteiger partial charge is 0.351 e. The predicted octanol–water partition coefficient (Wildman–Crippen LogP) is 1.57. The first-order valence-electron chi connectivity index (χ1n) is 8.72. The van der Waals surface area contributed by atoms with Crippen molar-refractivity contribution < 1.29 is 9.53 Å². The molecule has 0 aliphatic rings. The number of esters is 1. The summed E-state index contributed by atoms with van der Waals surface area (Å²) in [6.07, 6.45) is 3.28. The van der Waals surface area contributed by atoms with Crippen molar-refractivity contribution in [3.63, 3.8) is 0 Å². The van der Waals surface area contributed by atoms with E-state index in [-0.39, 0.29) is 22.4 Å². The highest BCUT2D eigenvalue weighted by molar-refractivity contribution is 7.07. The standard InChI is InChI=1S/C20H18N4O3S/c1-3-24-18(25)16(28-19(24)14(11-21)20(26)27-4-2)12-23-15-9-5-7-13-8-6-10-22-17(13)15/h5-10,12,23H,3-4H2,1-2H3/b16-12+,19-14-. The number of para-hydroxylation sites is 1. The lowest BCUT2D eigenvalue weighted by molar-refractivity contribution is -0.136. The number of hydrogen-bond acceptors (Lipinski definition) is 7. The molecular formula is C20H18N4O3S. The van der Waals surface area contributed by atoms with Crippen molar-refractivity contribution in [2.24, 2.45) is 0 Å². The highest BCUT2D eigenvalue weighted by atomic mass is 32.1. The van der Waals surface area contributed by atoms with Crippen molar-refractivity contribution in [2.75, 3.05) is 11.9 Å². The summed E-state index contributed by atoms with van der Waals surface area (Å²) < 4.78 is 7.00. The van der Waals surface area contributed by atoms with Gasteiger partial charge in [0, 0.05) is 24.3 Å². The summed E-state index contributed by atoms with van der Waals surface area (Å²) in [5.41, 5.74) is 1.09. The van der Waals surface area contributed by atoms with Gasteiger partial charge in [-0.05, 0) is 26.0 Å². The van der Waals surface area contributed by atoms with Crippen LogP contribution in [0.15, 0.2) is 41.3 Å². The van der Waals surface area contributed by atoms with Gasteiger partial charge in [-0.15, -0.1) is 11.3 Å². The fraction of sp³-hybridized carbons (Fsp3) is 0.200. The lowest BCUT2D eigenvalue weighted by atomic mass is 10.2. The molecule has 8 heteroatoms. The van der Waals surface area contributed by atoms with E-state index in [1.54, 1.807) is 26.2 Å². The summed E-state index contributed by atoms with van der Waals surface area (Å²) in [5.74, 6) is -0.730. The van der Waals surface area contributed by atoms with Gasteiger partial charge in [0.2, 0.25) is 0 Å². The van der Waals surface area contributed by atoms with E-state index in [4.69, 9.17) is 4.74 Å². The number of nitrogens with zero attached hydrogens (tertiary/aromatic N) is 3. The van der Waals surface area contributed by atoms with Crippen LogP contribution in [0.1, 0.15) is 13.8 Å². The molecule has 3 rings (SSSR count). The zero-order valence-electron chi connectivity index (χ0n) is 15.4. The van der Waals surface area contributed by atoms with Gasteiger partial charge in [0.15, 0.2) is 5.57 Å². The van der Waals surface area contributed by atoms with Crippen molar-refractivity contribution in [2.45, 2.75) is 20.4 Å². The monoisotopic (exact) mass is 394 g/mol. The summed E-state index contributed by atoms with van der Waals surface area (Å²) in [7, 11) is 0. The Bertz CT molecular complexity index is 1250. The Balaban J connectivity index is 2.13. The Kier molecular flexibility index (Phi) is 5.87. The van der Waals surface area contributed by atoms with Gasteiger partial charge in [0.05, 0.1) is 17.8 Å². The van der Waals surface area contributed by atoms with E-state index in [1.807, 2.05) is 36.4 Å². The van der Waals surface area contributed by atoms with Gasteiger partial charge in [-0.25, -0.2) is 4.79 Å². The van der Waals surface area contributed by atoms with E-state index in [0.29, 0.717) is 11.1 Å². The molecule has 0 bridgehead atoms. The molecule has 0 spiro atoms. The minimum atomic E-state index is -0.730. The summed E-state index contributed by atoms with van der Waals surface area (Å²) in [4.78, 5) is 29.2. The van der Waals surface area contributed by atoms with Gasteiger partial charge in [-0.2, -0.15) is 5.26 Å². The molecule has 28 heavy (non-hydrogen) atoms. The third-order valence-corrected chi connectivity index (χ3v) is 5.15. The van der Waals surface area contributed by atoms with Gasteiger partial charge in [0.1, 0.15) is 15.3 Å². The van der Waals surface area contributed by atoms with Gasteiger partial charge < -0.3 is 10.1 Å². The van der Waals surface area contributed by atoms with Crippen LogP contribution in [0.25, 0.3) is 22.7 Å². The van der Waals surface area contributed by atoms with Crippen LogP contribution >= 0.6 is 11.3 Å². The Morgan fingerprint density at radius 1 is 1.36 bits per heavy atom.